The summed E-state index contributed by atoms with van der Waals surface area (Å²) in [5.74, 6) is 0. The summed E-state index contributed by atoms with van der Waals surface area (Å²) in [6, 6.07) is 0. The molecule has 0 aliphatic heterocycles. The van der Waals surface area contributed by atoms with E-state index in [-0.39, 0.29) is 0 Å². The molecule has 0 atom stereocenters. The maximum Gasteiger partial charge on any atom is 0.152 e. The lowest BCUT2D eigenvalue weighted by atomic mass is 10.2. The fraction of sp³-hybridized carbons (Fsp3) is 0.429. The highest BCUT2D eigenvalue weighted by Crippen LogP contribution is 2.14. The van der Waals surface area contributed by atoms with E-state index in [4.69, 9.17) is 28.9 Å². The smallest absolute Gasteiger partial charge is 0.152 e. The van der Waals surface area contributed by atoms with Gasteiger partial charge in [-0.25, -0.2) is 4.98 Å². The van der Waals surface area contributed by atoms with E-state index in [2.05, 4.69) is 9.97 Å². The molecule has 1 heterocycles. The van der Waals surface area contributed by atoms with Crippen LogP contribution in [0.25, 0.3) is 0 Å². The number of rotatable bonds is 3. The van der Waals surface area contributed by atoms with Gasteiger partial charge in [-0.3, -0.25) is 4.98 Å². The highest BCUT2D eigenvalue weighted by molar-refractivity contribution is 6.32. The number of hydrogen-bond acceptors (Lipinski definition) is 3. The first-order chi connectivity index (χ1) is 5.74. The molecular weight excluding hydrogens is 197 g/mol. The van der Waals surface area contributed by atoms with Crippen LogP contribution in [-0.4, -0.2) is 16.5 Å². The number of hydrogen-bond donors (Lipinski definition) is 1. The Morgan fingerprint density at radius 3 is 2.75 bits per heavy atom. The predicted octanol–water partition coefficient (Wildman–Crippen LogP) is 1.67. The standard InChI is InChI=1S/C7H9Cl2N3/c8-6-4-11-5(2-1-3-10)7(9)12-6/h4H,1-3,10H2. The molecule has 0 spiro atoms. The van der Waals surface area contributed by atoms with Gasteiger partial charge in [-0.15, -0.1) is 0 Å². The van der Waals surface area contributed by atoms with Crippen LogP contribution in [0.5, 0.6) is 0 Å². The van der Waals surface area contributed by atoms with Gasteiger partial charge in [0, 0.05) is 0 Å². The Kier molecular flexibility index (Phi) is 3.72. The molecule has 1 rings (SSSR count). The molecule has 2 N–H and O–H groups in total. The van der Waals surface area contributed by atoms with Crippen molar-refractivity contribution < 1.29 is 0 Å². The van der Waals surface area contributed by atoms with E-state index in [1.807, 2.05) is 0 Å². The highest BCUT2D eigenvalue weighted by Gasteiger charge is 2.02. The topological polar surface area (TPSA) is 51.8 Å². The van der Waals surface area contributed by atoms with Crippen LogP contribution in [0.4, 0.5) is 0 Å². The molecule has 1 aromatic rings. The fourth-order valence-electron chi connectivity index (χ4n) is 0.809. The molecule has 1 aromatic heterocycles. The number of halogens is 2. The first-order valence-corrected chi connectivity index (χ1v) is 4.36. The molecule has 12 heavy (non-hydrogen) atoms. The summed E-state index contributed by atoms with van der Waals surface area (Å²) in [5.41, 5.74) is 6.10. The lowest BCUT2D eigenvalue weighted by Gasteiger charge is -2.00. The second-order valence-corrected chi connectivity index (χ2v) is 3.07. The first kappa shape index (κ1) is 9.71. The van der Waals surface area contributed by atoms with E-state index in [0.717, 1.165) is 18.5 Å². The van der Waals surface area contributed by atoms with Gasteiger partial charge in [0.2, 0.25) is 0 Å². The summed E-state index contributed by atoms with van der Waals surface area (Å²) in [5, 5.41) is 0.687. The van der Waals surface area contributed by atoms with Crippen LogP contribution in [0.1, 0.15) is 12.1 Å². The normalized spacial score (nSPS) is 10.2. The van der Waals surface area contributed by atoms with Crippen molar-refractivity contribution in [2.45, 2.75) is 12.8 Å². The van der Waals surface area contributed by atoms with Crippen LogP contribution in [0.3, 0.4) is 0 Å². The van der Waals surface area contributed by atoms with Crippen LogP contribution in [0, 0.1) is 0 Å². The molecular formula is C7H9Cl2N3. The van der Waals surface area contributed by atoms with Gasteiger partial charge in [-0.2, -0.15) is 0 Å². The Bertz CT molecular complexity index is 265. The van der Waals surface area contributed by atoms with Crippen molar-refractivity contribution in [3.05, 3.63) is 22.2 Å². The molecule has 0 saturated heterocycles. The molecule has 0 aliphatic carbocycles. The Hall–Kier alpha value is -0.380. The molecule has 0 unspecified atom stereocenters. The summed E-state index contributed by atoms with van der Waals surface area (Å²) in [7, 11) is 0. The van der Waals surface area contributed by atoms with Crippen molar-refractivity contribution in [1.29, 1.82) is 0 Å². The van der Waals surface area contributed by atoms with Gasteiger partial charge in [0.05, 0.1) is 11.9 Å². The van der Waals surface area contributed by atoms with Gasteiger partial charge in [-0.05, 0) is 19.4 Å². The third kappa shape index (κ3) is 2.59. The van der Waals surface area contributed by atoms with Gasteiger partial charge in [-0.1, -0.05) is 23.2 Å². The van der Waals surface area contributed by atoms with Gasteiger partial charge in [0.15, 0.2) is 5.15 Å². The third-order valence-corrected chi connectivity index (χ3v) is 1.87. The molecule has 0 radical (unpaired) electrons. The molecule has 0 fully saturated rings. The molecule has 0 aromatic carbocycles. The largest absolute Gasteiger partial charge is 0.330 e. The second kappa shape index (κ2) is 4.60. The maximum absolute atomic E-state index is 5.77. The van der Waals surface area contributed by atoms with Crippen molar-refractivity contribution in [2.75, 3.05) is 6.54 Å². The number of nitrogens with zero attached hydrogens (tertiary/aromatic N) is 2. The molecule has 66 valence electrons. The molecule has 0 amide bonds. The lowest BCUT2D eigenvalue weighted by molar-refractivity contribution is 0.804. The van der Waals surface area contributed by atoms with Crippen molar-refractivity contribution in [1.82, 2.24) is 9.97 Å². The third-order valence-electron chi connectivity index (χ3n) is 1.39. The highest BCUT2D eigenvalue weighted by atomic mass is 35.5. The van der Waals surface area contributed by atoms with E-state index in [9.17, 15) is 0 Å². The van der Waals surface area contributed by atoms with Crippen LogP contribution in [0.15, 0.2) is 6.20 Å². The summed E-state index contributed by atoms with van der Waals surface area (Å²) in [6.07, 6.45) is 3.09. The zero-order valence-electron chi connectivity index (χ0n) is 6.43. The fourth-order valence-corrected chi connectivity index (χ4v) is 1.22. The van der Waals surface area contributed by atoms with Crippen LogP contribution in [-0.2, 0) is 6.42 Å². The maximum atomic E-state index is 5.77. The number of aromatic nitrogens is 2. The van der Waals surface area contributed by atoms with Crippen molar-refractivity contribution in [3.8, 4) is 0 Å². The summed E-state index contributed by atoms with van der Waals surface area (Å²) >= 11 is 11.3. The van der Waals surface area contributed by atoms with E-state index < -0.39 is 0 Å². The van der Waals surface area contributed by atoms with E-state index in [0.29, 0.717) is 16.9 Å². The summed E-state index contributed by atoms with van der Waals surface area (Å²) < 4.78 is 0. The van der Waals surface area contributed by atoms with Crippen LogP contribution in [0.2, 0.25) is 10.3 Å². The minimum absolute atomic E-state index is 0.316. The zero-order chi connectivity index (χ0) is 8.97. The molecule has 0 aliphatic rings. The van der Waals surface area contributed by atoms with Crippen molar-refractivity contribution >= 4 is 23.2 Å². The average molecular weight is 206 g/mol. The first-order valence-electron chi connectivity index (χ1n) is 3.61. The van der Waals surface area contributed by atoms with Crippen molar-refractivity contribution in [3.63, 3.8) is 0 Å². The lowest BCUT2D eigenvalue weighted by Crippen LogP contribution is -2.02. The Morgan fingerprint density at radius 1 is 1.42 bits per heavy atom. The molecule has 0 bridgehead atoms. The summed E-state index contributed by atoms with van der Waals surface area (Å²) in [6.45, 7) is 0.626. The zero-order valence-corrected chi connectivity index (χ0v) is 7.94. The quantitative estimate of drug-likeness (QED) is 0.818. The molecule has 3 nitrogen and oxygen atoms in total. The Morgan fingerprint density at radius 2 is 2.17 bits per heavy atom. The molecule has 0 saturated carbocycles. The van der Waals surface area contributed by atoms with Gasteiger partial charge in [0.25, 0.3) is 0 Å². The molecule has 5 heteroatoms. The Balaban J connectivity index is 2.72. The van der Waals surface area contributed by atoms with Crippen LogP contribution < -0.4 is 5.73 Å². The minimum Gasteiger partial charge on any atom is -0.330 e. The number of aryl methyl sites for hydroxylation is 1. The predicted molar refractivity (Wildman–Crippen MR) is 49.4 cm³/mol. The van der Waals surface area contributed by atoms with E-state index >= 15 is 0 Å². The van der Waals surface area contributed by atoms with Gasteiger partial charge >= 0.3 is 0 Å². The van der Waals surface area contributed by atoms with E-state index in [1.54, 1.807) is 0 Å². The van der Waals surface area contributed by atoms with E-state index in [1.165, 1.54) is 6.20 Å². The van der Waals surface area contributed by atoms with Gasteiger partial charge in [0.1, 0.15) is 5.15 Å². The average Bonchev–Trinajstić information content (AvgIpc) is 2.03. The van der Waals surface area contributed by atoms with Crippen molar-refractivity contribution in [2.24, 2.45) is 5.73 Å². The monoisotopic (exact) mass is 205 g/mol. The van der Waals surface area contributed by atoms with Gasteiger partial charge < -0.3 is 5.73 Å². The SMILES string of the molecule is NCCCc1ncc(Cl)nc1Cl. The number of nitrogens with two attached hydrogens (primary N) is 1. The minimum atomic E-state index is 0.316. The summed E-state index contributed by atoms with van der Waals surface area (Å²) in [4.78, 5) is 7.89. The Labute approximate surface area is 80.9 Å². The second-order valence-electron chi connectivity index (χ2n) is 2.32. The van der Waals surface area contributed by atoms with Crippen LogP contribution >= 0.6 is 23.2 Å².